The number of anilines is 1. The third kappa shape index (κ3) is 1.54. The minimum Gasteiger partial charge on any atom is -0.328 e. The molecule has 1 aromatic heterocycles. The van der Waals surface area contributed by atoms with E-state index in [-0.39, 0.29) is 0 Å². The van der Waals surface area contributed by atoms with Crippen LogP contribution in [-0.2, 0) is 4.79 Å². The molecule has 1 rings (SSSR count). The van der Waals surface area contributed by atoms with E-state index in [9.17, 15) is 4.79 Å². The summed E-state index contributed by atoms with van der Waals surface area (Å²) in [5, 5.41) is 2.51. The van der Waals surface area contributed by atoms with Crippen molar-refractivity contribution < 1.29 is 4.79 Å². The van der Waals surface area contributed by atoms with Gasteiger partial charge in [-0.05, 0) is 22.0 Å². The summed E-state index contributed by atoms with van der Waals surface area (Å²) >= 11 is 3.21. The summed E-state index contributed by atoms with van der Waals surface area (Å²) in [6.07, 6.45) is 3.85. The number of pyridine rings is 1. The maximum atomic E-state index is 9.97. The van der Waals surface area contributed by atoms with Crippen LogP contribution < -0.4 is 5.32 Å². The summed E-state index contributed by atoms with van der Waals surface area (Å²) in [4.78, 5) is 13.8. The molecule has 0 atom stereocenters. The van der Waals surface area contributed by atoms with Gasteiger partial charge in [0, 0.05) is 12.4 Å². The Hall–Kier alpha value is -0.900. The van der Waals surface area contributed by atoms with Crippen LogP contribution in [0.2, 0.25) is 0 Å². The third-order valence-electron chi connectivity index (χ3n) is 0.987. The van der Waals surface area contributed by atoms with Gasteiger partial charge in [0.25, 0.3) is 0 Å². The first-order valence-electron chi connectivity index (χ1n) is 2.64. The zero-order valence-corrected chi connectivity index (χ0v) is 6.63. The van der Waals surface area contributed by atoms with Crippen LogP contribution in [0.4, 0.5) is 5.69 Å². The first kappa shape index (κ1) is 7.21. The number of hydrogen-bond acceptors (Lipinski definition) is 2. The van der Waals surface area contributed by atoms with Crippen LogP contribution in [0.15, 0.2) is 22.9 Å². The van der Waals surface area contributed by atoms with Gasteiger partial charge >= 0.3 is 0 Å². The van der Waals surface area contributed by atoms with Crippen LogP contribution in [0.5, 0.6) is 0 Å². The second-order valence-corrected chi connectivity index (χ2v) is 2.47. The Kier molecular flexibility index (Phi) is 2.39. The zero-order valence-electron chi connectivity index (χ0n) is 5.04. The van der Waals surface area contributed by atoms with Crippen molar-refractivity contribution in [2.75, 3.05) is 5.32 Å². The van der Waals surface area contributed by atoms with Crippen LogP contribution in [-0.4, -0.2) is 11.4 Å². The fourth-order valence-corrected chi connectivity index (χ4v) is 0.921. The van der Waals surface area contributed by atoms with Crippen molar-refractivity contribution in [2.24, 2.45) is 0 Å². The molecule has 0 unspecified atom stereocenters. The van der Waals surface area contributed by atoms with Crippen LogP contribution >= 0.6 is 15.9 Å². The maximum absolute atomic E-state index is 9.97. The van der Waals surface area contributed by atoms with Gasteiger partial charge in [-0.3, -0.25) is 9.78 Å². The number of rotatable bonds is 2. The lowest BCUT2D eigenvalue weighted by Gasteiger charge is -1.98. The summed E-state index contributed by atoms with van der Waals surface area (Å²) in [7, 11) is 0. The van der Waals surface area contributed by atoms with Crippen molar-refractivity contribution in [2.45, 2.75) is 0 Å². The largest absolute Gasteiger partial charge is 0.328 e. The molecule has 1 N–H and O–H groups in total. The Balaban J connectivity index is 2.91. The van der Waals surface area contributed by atoms with Gasteiger partial charge in [0.1, 0.15) is 0 Å². The van der Waals surface area contributed by atoms with E-state index in [4.69, 9.17) is 0 Å². The van der Waals surface area contributed by atoms with E-state index in [0.29, 0.717) is 6.41 Å². The molecule has 0 saturated heterocycles. The number of amides is 1. The molecule has 0 fully saturated rings. The van der Waals surface area contributed by atoms with Gasteiger partial charge in [-0.15, -0.1) is 0 Å². The highest BCUT2D eigenvalue weighted by Crippen LogP contribution is 2.18. The number of carbonyl (C=O) groups is 1. The fourth-order valence-electron chi connectivity index (χ4n) is 0.556. The van der Waals surface area contributed by atoms with Gasteiger partial charge in [-0.2, -0.15) is 0 Å². The average Bonchev–Trinajstić information content (AvgIpc) is 1.94. The number of hydrogen-bond donors (Lipinski definition) is 1. The van der Waals surface area contributed by atoms with Crippen molar-refractivity contribution in [3.05, 3.63) is 22.9 Å². The van der Waals surface area contributed by atoms with E-state index in [2.05, 4.69) is 26.2 Å². The molecule has 1 aromatic rings. The Morgan fingerprint density at radius 3 is 3.10 bits per heavy atom. The molecular weight excluding hydrogens is 196 g/mol. The molecule has 0 aliphatic carbocycles. The number of nitrogens with one attached hydrogen (secondary N) is 1. The fraction of sp³-hybridized carbons (Fsp3) is 0. The van der Waals surface area contributed by atoms with E-state index in [1.54, 1.807) is 18.5 Å². The SMILES string of the molecule is O=CNc1ccncc1Br. The Labute approximate surface area is 66.6 Å². The summed E-state index contributed by atoms with van der Waals surface area (Å²) in [5.74, 6) is 0. The summed E-state index contributed by atoms with van der Waals surface area (Å²) in [6.45, 7) is 0. The molecule has 1 amide bonds. The van der Waals surface area contributed by atoms with Crippen LogP contribution in [0.25, 0.3) is 0 Å². The minimum absolute atomic E-state index is 0.625. The topological polar surface area (TPSA) is 42.0 Å². The quantitative estimate of drug-likeness (QED) is 0.735. The van der Waals surface area contributed by atoms with Gasteiger partial charge in [-0.1, -0.05) is 0 Å². The number of carbonyl (C=O) groups excluding carboxylic acids is 1. The van der Waals surface area contributed by atoms with Crippen LogP contribution in [0, 0.1) is 0 Å². The van der Waals surface area contributed by atoms with Gasteiger partial charge in [-0.25, -0.2) is 0 Å². The standard InChI is InChI=1S/C6H5BrN2O/c7-5-3-8-2-1-6(5)9-4-10/h1-4H,(H,8,9,10). The lowest BCUT2D eigenvalue weighted by molar-refractivity contribution is -0.105. The lowest BCUT2D eigenvalue weighted by atomic mass is 10.4. The number of halogens is 1. The maximum Gasteiger partial charge on any atom is 0.211 e. The van der Waals surface area contributed by atoms with Gasteiger partial charge in [0.05, 0.1) is 10.2 Å². The Bertz CT molecular complexity index is 239. The average molecular weight is 201 g/mol. The highest BCUT2D eigenvalue weighted by atomic mass is 79.9. The molecule has 52 valence electrons. The van der Waals surface area contributed by atoms with E-state index in [1.165, 1.54) is 0 Å². The van der Waals surface area contributed by atoms with Crippen molar-refractivity contribution in [1.29, 1.82) is 0 Å². The van der Waals surface area contributed by atoms with Crippen molar-refractivity contribution in [3.8, 4) is 0 Å². The van der Waals surface area contributed by atoms with Crippen LogP contribution in [0.3, 0.4) is 0 Å². The molecule has 0 aliphatic rings. The van der Waals surface area contributed by atoms with Gasteiger partial charge in [0.15, 0.2) is 0 Å². The first-order chi connectivity index (χ1) is 4.84. The summed E-state index contributed by atoms with van der Waals surface area (Å²) < 4.78 is 0.780. The highest BCUT2D eigenvalue weighted by molar-refractivity contribution is 9.10. The second-order valence-electron chi connectivity index (χ2n) is 1.62. The summed E-state index contributed by atoms with van der Waals surface area (Å²) in [6, 6.07) is 1.71. The molecule has 0 aromatic carbocycles. The lowest BCUT2D eigenvalue weighted by Crippen LogP contribution is -1.94. The number of nitrogens with zero attached hydrogens (tertiary/aromatic N) is 1. The molecular formula is C6H5BrN2O. The van der Waals surface area contributed by atoms with Gasteiger partial charge < -0.3 is 5.32 Å². The molecule has 0 spiro atoms. The highest BCUT2D eigenvalue weighted by Gasteiger charge is 1.94. The van der Waals surface area contributed by atoms with E-state index in [0.717, 1.165) is 10.2 Å². The third-order valence-corrected chi connectivity index (χ3v) is 1.62. The van der Waals surface area contributed by atoms with Gasteiger partial charge in [0.2, 0.25) is 6.41 Å². The van der Waals surface area contributed by atoms with E-state index >= 15 is 0 Å². The van der Waals surface area contributed by atoms with Crippen molar-refractivity contribution in [1.82, 2.24) is 4.98 Å². The molecule has 0 radical (unpaired) electrons. The first-order valence-corrected chi connectivity index (χ1v) is 3.43. The molecule has 0 saturated carbocycles. The smallest absolute Gasteiger partial charge is 0.211 e. The predicted molar refractivity (Wildman–Crippen MR) is 41.6 cm³/mol. The second kappa shape index (κ2) is 3.31. The minimum atomic E-state index is 0.625. The van der Waals surface area contributed by atoms with E-state index < -0.39 is 0 Å². The van der Waals surface area contributed by atoms with E-state index in [1.807, 2.05) is 0 Å². The van der Waals surface area contributed by atoms with Crippen molar-refractivity contribution >= 4 is 28.0 Å². The monoisotopic (exact) mass is 200 g/mol. The predicted octanol–water partition coefficient (Wildman–Crippen LogP) is 1.41. The molecule has 0 aliphatic heterocycles. The van der Waals surface area contributed by atoms with Crippen molar-refractivity contribution in [3.63, 3.8) is 0 Å². The molecule has 4 heteroatoms. The Morgan fingerprint density at radius 2 is 2.50 bits per heavy atom. The summed E-state index contributed by atoms with van der Waals surface area (Å²) in [5.41, 5.74) is 0.727. The molecule has 10 heavy (non-hydrogen) atoms. The molecule has 1 heterocycles. The van der Waals surface area contributed by atoms with Crippen LogP contribution in [0.1, 0.15) is 0 Å². The Morgan fingerprint density at radius 1 is 1.70 bits per heavy atom. The molecule has 0 bridgehead atoms. The molecule has 3 nitrogen and oxygen atoms in total. The number of aromatic nitrogens is 1. The zero-order chi connectivity index (χ0) is 7.40. The normalized spacial score (nSPS) is 8.90.